The molecule has 6 nitrogen and oxygen atoms in total. The molecule has 30 heavy (non-hydrogen) atoms. The van der Waals surface area contributed by atoms with Gasteiger partial charge in [0.05, 0.1) is 28.8 Å². The molecule has 0 saturated heterocycles. The van der Waals surface area contributed by atoms with Gasteiger partial charge in [0.1, 0.15) is 17.5 Å². The van der Waals surface area contributed by atoms with E-state index in [4.69, 9.17) is 9.72 Å². The summed E-state index contributed by atoms with van der Waals surface area (Å²) in [6.07, 6.45) is 0. The van der Waals surface area contributed by atoms with Gasteiger partial charge in [0.2, 0.25) is 0 Å². The number of H-pyrrole nitrogens is 1. The number of rotatable bonds is 6. The van der Waals surface area contributed by atoms with E-state index in [0.29, 0.717) is 24.8 Å². The van der Waals surface area contributed by atoms with Crippen LogP contribution in [-0.2, 0) is 11.3 Å². The van der Waals surface area contributed by atoms with Crippen molar-refractivity contribution in [3.8, 4) is 11.4 Å². The Morgan fingerprint density at radius 2 is 1.90 bits per heavy atom. The molecule has 0 fully saturated rings. The lowest BCUT2D eigenvalue weighted by Gasteiger charge is -2.14. The zero-order chi connectivity index (χ0) is 21.3. The first-order chi connectivity index (χ1) is 14.5. The van der Waals surface area contributed by atoms with Crippen LogP contribution in [0, 0.1) is 19.7 Å². The van der Waals surface area contributed by atoms with Crippen molar-refractivity contribution in [3.05, 3.63) is 71.2 Å². The van der Waals surface area contributed by atoms with E-state index in [1.165, 1.54) is 12.1 Å². The van der Waals surface area contributed by atoms with E-state index in [0.717, 1.165) is 27.9 Å². The second kappa shape index (κ2) is 8.12. The van der Waals surface area contributed by atoms with Gasteiger partial charge in [-0.05, 0) is 43.7 Å². The van der Waals surface area contributed by atoms with Crippen molar-refractivity contribution in [2.75, 3.05) is 19.0 Å². The Morgan fingerprint density at radius 1 is 1.17 bits per heavy atom. The largest absolute Gasteiger partial charge is 0.383 e. The molecule has 0 aliphatic carbocycles. The number of para-hydroxylation sites is 2. The summed E-state index contributed by atoms with van der Waals surface area (Å²) in [5, 5.41) is 2.92. The highest BCUT2D eigenvalue weighted by Crippen LogP contribution is 2.36. The van der Waals surface area contributed by atoms with Gasteiger partial charge >= 0.3 is 0 Å². The second-order valence-corrected chi connectivity index (χ2v) is 7.11. The van der Waals surface area contributed by atoms with E-state index in [9.17, 15) is 9.18 Å². The van der Waals surface area contributed by atoms with Gasteiger partial charge < -0.3 is 19.6 Å². The molecule has 0 bridgehead atoms. The number of carbonyl (C=O) groups is 1. The lowest BCUT2D eigenvalue weighted by molar-refractivity contribution is 0.102. The Hall–Kier alpha value is -3.45. The predicted octanol–water partition coefficient (Wildman–Crippen LogP) is 4.69. The van der Waals surface area contributed by atoms with Gasteiger partial charge in [0.25, 0.3) is 5.91 Å². The number of aromatic nitrogens is 3. The fourth-order valence-corrected chi connectivity index (χ4v) is 3.64. The summed E-state index contributed by atoms with van der Waals surface area (Å²) in [5.41, 5.74) is 4.47. The van der Waals surface area contributed by atoms with E-state index in [1.54, 1.807) is 19.2 Å². The quantitative estimate of drug-likeness (QED) is 0.488. The topological polar surface area (TPSA) is 71.9 Å². The molecule has 4 aromatic rings. The first-order valence-corrected chi connectivity index (χ1v) is 9.71. The van der Waals surface area contributed by atoms with Crippen LogP contribution in [-0.4, -0.2) is 34.2 Å². The molecular weight excluding hydrogens is 383 g/mol. The summed E-state index contributed by atoms with van der Waals surface area (Å²) in [7, 11) is 1.63. The molecule has 2 N–H and O–H groups in total. The normalized spacial score (nSPS) is 11.2. The molecule has 1 amide bonds. The highest BCUT2D eigenvalue weighted by molar-refractivity contribution is 6.06. The second-order valence-electron chi connectivity index (χ2n) is 7.11. The monoisotopic (exact) mass is 406 g/mol. The number of amides is 1. The van der Waals surface area contributed by atoms with Crippen LogP contribution < -0.4 is 5.32 Å². The number of carbonyl (C=O) groups excluding carboxylic acids is 1. The van der Waals surface area contributed by atoms with Crippen molar-refractivity contribution in [1.29, 1.82) is 0 Å². The molecule has 0 aliphatic heterocycles. The maximum Gasteiger partial charge on any atom is 0.259 e. The molecule has 2 aromatic heterocycles. The first-order valence-electron chi connectivity index (χ1n) is 9.71. The number of hydrogen-bond donors (Lipinski definition) is 2. The van der Waals surface area contributed by atoms with Crippen LogP contribution in [0.3, 0.4) is 0 Å². The number of nitrogens with zero attached hydrogens (tertiary/aromatic N) is 2. The van der Waals surface area contributed by atoms with Crippen molar-refractivity contribution < 1.29 is 13.9 Å². The fourth-order valence-electron chi connectivity index (χ4n) is 3.64. The van der Waals surface area contributed by atoms with Gasteiger partial charge in [0, 0.05) is 19.3 Å². The minimum absolute atomic E-state index is 0.0112. The van der Waals surface area contributed by atoms with Crippen LogP contribution in [0.25, 0.3) is 22.4 Å². The molecule has 154 valence electrons. The third-order valence-electron chi connectivity index (χ3n) is 5.32. The van der Waals surface area contributed by atoms with Crippen LogP contribution >= 0.6 is 0 Å². The van der Waals surface area contributed by atoms with Gasteiger partial charge in [-0.3, -0.25) is 4.79 Å². The fraction of sp³-hybridized carbons (Fsp3) is 0.217. The number of nitrogens with one attached hydrogen (secondary N) is 2. The summed E-state index contributed by atoms with van der Waals surface area (Å²) in [4.78, 5) is 21.0. The number of halogens is 1. The molecule has 7 heteroatoms. The number of fused-ring (bicyclic) bond motifs is 1. The molecular formula is C23H23FN4O2. The summed E-state index contributed by atoms with van der Waals surface area (Å²) in [5.74, 6) is 0.136. The van der Waals surface area contributed by atoms with Crippen molar-refractivity contribution in [2.45, 2.75) is 20.4 Å². The van der Waals surface area contributed by atoms with Crippen LogP contribution in [0.15, 0.2) is 48.5 Å². The molecule has 2 heterocycles. The molecule has 0 saturated carbocycles. The van der Waals surface area contributed by atoms with E-state index < -0.39 is 11.7 Å². The van der Waals surface area contributed by atoms with Gasteiger partial charge in [-0.2, -0.15) is 0 Å². The van der Waals surface area contributed by atoms with Crippen LogP contribution in [0.4, 0.5) is 10.2 Å². The van der Waals surface area contributed by atoms with Crippen molar-refractivity contribution >= 4 is 22.8 Å². The average Bonchev–Trinajstić information content (AvgIpc) is 3.26. The smallest absolute Gasteiger partial charge is 0.259 e. The van der Waals surface area contributed by atoms with Crippen molar-refractivity contribution in [2.24, 2.45) is 0 Å². The molecule has 0 unspecified atom stereocenters. The first kappa shape index (κ1) is 19.8. The van der Waals surface area contributed by atoms with Crippen molar-refractivity contribution in [3.63, 3.8) is 0 Å². The highest BCUT2D eigenvalue weighted by Gasteiger charge is 2.24. The van der Waals surface area contributed by atoms with Crippen molar-refractivity contribution in [1.82, 2.24) is 14.5 Å². The minimum Gasteiger partial charge on any atom is -0.383 e. The summed E-state index contributed by atoms with van der Waals surface area (Å²) in [6, 6.07) is 13.7. The van der Waals surface area contributed by atoms with Gasteiger partial charge in [-0.1, -0.05) is 24.3 Å². The number of aromatic amines is 1. The predicted molar refractivity (Wildman–Crippen MR) is 115 cm³/mol. The van der Waals surface area contributed by atoms with Crippen LogP contribution in [0.5, 0.6) is 0 Å². The molecule has 4 rings (SSSR count). The van der Waals surface area contributed by atoms with Gasteiger partial charge in [-0.15, -0.1) is 0 Å². The van der Waals surface area contributed by atoms with E-state index >= 15 is 0 Å². The third-order valence-corrected chi connectivity index (χ3v) is 5.32. The van der Waals surface area contributed by atoms with Crippen LogP contribution in [0.1, 0.15) is 21.6 Å². The molecule has 0 aliphatic rings. The number of imidazole rings is 1. The maximum absolute atomic E-state index is 14.2. The van der Waals surface area contributed by atoms with Crippen LogP contribution in [0.2, 0.25) is 0 Å². The third kappa shape index (κ3) is 3.48. The zero-order valence-electron chi connectivity index (χ0n) is 17.1. The standard InChI is InChI=1S/C23H23FN4O2/c1-14-15(2)28(12-13-30-3)22(27-23(29)16-8-4-5-9-17(16)24)20(14)21-25-18-10-6-7-11-19(18)26-21/h4-11H,12-13H2,1-3H3,(H,25,26)(H,27,29). The number of hydrogen-bond acceptors (Lipinski definition) is 3. The maximum atomic E-state index is 14.2. The van der Waals surface area contributed by atoms with E-state index in [1.807, 2.05) is 42.7 Å². The summed E-state index contributed by atoms with van der Waals surface area (Å²) < 4.78 is 21.4. The number of benzene rings is 2. The summed E-state index contributed by atoms with van der Waals surface area (Å²) in [6.45, 7) is 4.98. The Balaban J connectivity index is 1.85. The molecule has 2 aromatic carbocycles. The molecule has 0 spiro atoms. The Kier molecular flexibility index (Phi) is 5.37. The zero-order valence-corrected chi connectivity index (χ0v) is 17.1. The minimum atomic E-state index is -0.566. The average molecular weight is 406 g/mol. The van der Waals surface area contributed by atoms with Gasteiger partial charge in [0.15, 0.2) is 0 Å². The van der Waals surface area contributed by atoms with Gasteiger partial charge in [-0.25, -0.2) is 9.37 Å². The van der Waals surface area contributed by atoms with E-state index in [-0.39, 0.29) is 5.56 Å². The number of methoxy groups -OCH3 is 1. The molecule has 0 radical (unpaired) electrons. The van der Waals surface area contributed by atoms with E-state index in [2.05, 4.69) is 10.3 Å². The lowest BCUT2D eigenvalue weighted by Crippen LogP contribution is -2.18. The number of ether oxygens (including phenoxy) is 1. The highest BCUT2D eigenvalue weighted by atomic mass is 19.1. The number of anilines is 1. The Morgan fingerprint density at radius 3 is 2.63 bits per heavy atom. The lowest BCUT2D eigenvalue weighted by atomic mass is 10.1. The molecule has 0 atom stereocenters. The Bertz CT molecular complexity index is 1190. The Labute approximate surface area is 173 Å². The summed E-state index contributed by atoms with van der Waals surface area (Å²) >= 11 is 0. The SMILES string of the molecule is COCCn1c(C)c(C)c(-c2nc3ccccc3[nH]2)c1NC(=O)c1ccccc1F.